The Morgan fingerprint density at radius 1 is 0.704 bits per heavy atom. The number of allylic oxidation sites excluding steroid dienone is 12. The van der Waals surface area contributed by atoms with Crippen LogP contribution in [0.5, 0.6) is 0 Å². The van der Waals surface area contributed by atoms with Gasteiger partial charge in [-0.3, -0.25) is 4.99 Å². The Hall–Kier alpha value is -5.93. The Labute approximate surface area is 318 Å². The van der Waals surface area contributed by atoms with Crippen LogP contribution in [-0.2, 0) is 0 Å². The topological polar surface area (TPSA) is 20.5 Å². The van der Waals surface area contributed by atoms with E-state index in [1.54, 1.807) is 0 Å². The number of dihydropyridines is 1. The van der Waals surface area contributed by atoms with Gasteiger partial charge in [-0.25, -0.2) is 0 Å². The molecular formula is C51H43N3. The summed E-state index contributed by atoms with van der Waals surface area (Å²) in [5.74, 6) is 1.69. The molecule has 0 fully saturated rings. The summed E-state index contributed by atoms with van der Waals surface area (Å²) in [7, 11) is 0. The van der Waals surface area contributed by atoms with Crippen molar-refractivity contribution in [1.29, 1.82) is 0 Å². The first kappa shape index (κ1) is 31.6. The highest BCUT2D eigenvalue weighted by molar-refractivity contribution is 6.09. The Kier molecular flexibility index (Phi) is 7.53. The van der Waals surface area contributed by atoms with Gasteiger partial charge in [-0.05, 0) is 72.7 Å². The second-order valence-electron chi connectivity index (χ2n) is 15.7. The predicted octanol–water partition coefficient (Wildman–Crippen LogP) is 12.7. The van der Waals surface area contributed by atoms with Crippen molar-refractivity contribution in [3.05, 3.63) is 187 Å². The summed E-state index contributed by atoms with van der Waals surface area (Å²) in [5.41, 5.74) is 14.4. The number of rotatable bonds is 4. The van der Waals surface area contributed by atoms with Gasteiger partial charge in [-0.2, -0.15) is 0 Å². The number of para-hydroxylation sites is 2. The van der Waals surface area contributed by atoms with Crippen molar-refractivity contribution in [3.63, 3.8) is 0 Å². The van der Waals surface area contributed by atoms with E-state index in [1.807, 2.05) is 6.21 Å². The summed E-state index contributed by atoms with van der Waals surface area (Å²) >= 11 is 0. The van der Waals surface area contributed by atoms with Gasteiger partial charge in [0.1, 0.15) is 0 Å². The highest BCUT2D eigenvalue weighted by Gasteiger charge is 2.37. The molecule has 0 radical (unpaired) electrons. The number of anilines is 2. The fraction of sp³-hybridized carbons (Fsp3) is 0.196. The molecule has 3 heterocycles. The summed E-state index contributed by atoms with van der Waals surface area (Å²) in [5, 5.41) is 1.33. The van der Waals surface area contributed by atoms with Crippen molar-refractivity contribution in [2.75, 3.05) is 4.90 Å². The third-order valence-electron chi connectivity index (χ3n) is 12.7. The van der Waals surface area contributed by atoms with Crippen LogP contribution in [0.1, 0.15) is 48.9 Å². The minimum absolute atomic E-state index is 0.283. The first-order chi connectivity index (χ1) is 26.8. The fourth-order valence-electron chi connectivity index (χ4n) is 10.2. The Morgan fingerprint density at radius 2 is 1.57 bits per heavy atom. The lowest BCUT2D eigenvalue weighted by atomic mass is 9.77. The van der Waals surface area contributed by atoms with E-state index in [1.165, 1.54) is 67.1 Å². The molecule has 0 saturated heterocycles. The Balaban J connectivity index is 1.07. The highest BCUT2D eigenvalue weighted by Crippen LogP contribution is 2.54. The average Bonchev–Trinajstić information content (AvgIpc) is 3.52. The third kappa shape index (κ3) is 5.05. The number of nitrogens with zero attached hydrogens (tertiary/aromatic N) is 3. The maximum absolute atomic E-state index is 4.70. The van der Waals surface area contributed by atoms with Gasteiger partial charge in [0, 0.05) is 74.9 Å². The second-order valence-corrected chi connectivity index (χ2v) is 15.7. The minimum atomic E-state index is 0.283. The largest absolute Gasteiger partial charge is 0.336 e. The summed E-state index contributed by atoms with van der Waals surface area (Å²) in [6, 6.07) is 37.4. The quantitative estimate of drug-likeness (QED) is 0.171. The molecule has 4 aromatic carbocycles. The van der Waals surface area contributed by atoms with Crippen LogP contribution in [0, 0.1) is 17.8 Å². The zero-order valence-corrected chi connectivity index (χ0v) is 30.4. The zero-order valence-electron chi connectivity index (χ0n) is 30.4. The van der Waals surface area contributed by atoms with Gasteiger partial charge in [0.05, 0.1) is 17.4 Å². The summed E-state index contributed by atoms with van der Waals surface area (Å²) < 4.78 is 2.74. The van der Waals surface area contributed by atoms with Gasteiger partial charge in [-0.1, -0.05) is 140 Å². The first-order valence-corrected chi connectivity index (χ1v) is 19.8. The molecule has 3 heteroatoms. The van der Waals surface area contributed by atoms with Crippen LogP contribution in [0.4, 0.5) is 11.4 Å². The SMILES string of the molecule is C1=CC2C=CCC(n3c4c(c5ccccc53)-c3ccccc3N(c3cccc(-c5cccc(C6C=CC7N=CC=CC7C6)c5)c3)C3=C4C=CCC3)C2C=C1. The summed E-state index contributed by atoms with van der Waals surface area (Å²) in [6.45, 7) is 0. The fourth-order valence-corrected chi connectivity index (χ4v) is 10.2. The van der Waals surface area contributed by atoms with E-state index in [4.69, 9.17) is 4.99 Å². The Morgan fingerprint density at radius 3 is 2.56 bits per heavy atom. The van der Waals surface area contributed by atoms with Crippen molar-refractivity contribution >= 4 is 34.1 Å². The number of aromatic nitrogens is 1. The molecule has 54 heavy (non-hydrogen) atoms. The molecule has 262 valence electrons. The maximum atomic E-state index is 4.70. The number of fused-ring (bicyclic) bond motifs is 8. The average molecular weight is 698 g/mol. The van der Waals surface area contributed by atoms with Crippen molar-refractivity contribution in [2.45, 2.75) is 43.7 Å². The van der Waals surface area contributed by atoms with E-state index in [9.17, 15) is 0 Å². The van der Waals surface area contributed by atoms with Crippen molar-refractivity contribution in [3.8, 4) is 22.3 Å². The molecular weight excluding hydrogens is 655 g/mol. The van der Waals surface area contributed by atoms with Gasteiger partial charge in [0.2, 0.25) is 0 Å². The van der Waals surface area contributed by atoms with Crippen LogP contribution in [-0.4, -0.2) is 16.8 Å². The molecule has 1 aromatic heterocycles. The van der Waals surface area contributed by atoms with E-state index in [0.717, 1.165) is 25.7 Å². The van der Waals surface area contributed by atoms with Crippen LogP contribution in [0.15, 0.2) is 181 Å². The molecule has 0 saturated carbocycles. The maximum Gasteiger partial charge on any atom is 0.0743 e. The normalized spacial score (nSPS) is 26.0. The van der Waals surface area contributed by atoms with Gasteiger partial charge < -0.3 is 9.47 Å². The molecule has 5 aromatic rings. The Bertz CT molecular complexity index is 2560. The van der Waals surface area contributed by atoms with Crippen LogP contribution in [0.2, 0.25) is 0 Å². The molecule has 0 N–H and O–H groups in total. The third-order valence-corrected chi connectivity index (χ3v) is 12.7. The van der Waals surface area contributed by atoms with E-state index in [-0.39, 0.29) is 6.04 Å². The molecule has 11 rings (SSSR count). The van der Waals surface area contributed by atoms with E-state index < -0.39 is 0 Å². The number of benzene rings is 4. The van der Waals surface area contributed by atoms with E-state index in [0.29, 0.717) is 29.7 Å². The summed E-state index contributed by atoms with van der Waals surface area (Å²) in [6.07, 6.45) is 34.2. The van der Waals surface area contributed by atoms with E-state index >= 15 is 0 Å². The molecule has 0 spiro atoms. The van der Waals surface area contributed by atoms with Gasteiger partial charge in [0.25, 0.3) is 0 Å². The van der Waals surface area contributed by atoms with Gasteiger partial charge in [-0.15, -0.1) is 0 Å². The molecule has 2 aliphatic heterocycles. The molecule has 4 aliphatic carbocycles. The molecule has 0 amide bonds. The smallest absolute Gasteiger partial charge is 0.0743 e. The standard InChI is InChI=1S/C51H43N3/c1-2-20-41-34(13-1)14-11-27-46(41)54-48-25-7-4-22-43(48)50-42-21-3-6-24-47(42)53(49-26-8-5-23-44(49)51(50)54)40-19-10-17-37(33-40)35-15-9-16-36(31-35)38-28-29-45-39(32-38)18-12-30-52-45/h1-7,9-25,28-31,33-34,38-39,41,45-46H,8,26-27,32H2. The molecule has 6 aliphatic rings. The summed E-state index contributed by atoms with van der Waals surface area (Å²) in [4.78, 5) is 7.29. The number of aliphatic imine (C=N–C) groups is 1. The van der Waals surface area contributed by atoms with Gasteiger partial charge in [0.15, 0.2) is 0 Å². The van der Waals surface area contributed by atoms with E-state index in [2.05, 4.69) is 179 Å². The molecule has 6 atom stereocenters. The lowest BCUT2D eigenvalue weighted by Crippen LogP contribution is -2.28. The molecule has 3 nitrogen and oxygen atoms in total. The lowest BCUT2D eigenvalue weighted by molar-refractivity contribution is 0.338. The lowest BCUT2D eigenvalue weighted by Gasteiger charge is -2.36. The zero-order chi connectivity index (χ0) is 35.6. The van der Waals surface area contributed by atoms with Crippen molar-refractivity contribution in [1.82, 2.24) is 4.57 Å². The van der Waals surface area contributed by atoms with Crippen LogP contribution in [0.25, 0.3) is 38.7 Å². The van der Waals surface area contributed by atoms with Gasteiger partial charge >= 0.3 is 0 Å². The first-order valence-electron chi connectivity index (χ1n) is 19.8. The van der Waals surface area contributed by atoms with Crippen LogP contribution >= 0.6 is 0 Å². The molecule has 6 unspecified atom stereocenters. The second kappa shape index (κ2) is 12.9. The number of hydrogen-bond acceptors (Lipinski definition) is 2. The monoisotopic (exact) mass is 697 g/mol. The highest BCUT2D eigenvalue weighted by atomic mass is 15.2. The van der Waals surface area contributed by atoms with Crippen LogP contribution < -0.4 is 4.90 Å². The predicted molar refractivity (Wildman–Crippen MR) is 226 cm³/mol. The van der Waals surface area contributed by atoms with Crippen LogP contribution in [0.3, 0.4) is 0 Å². The van der Waals surface area contributed by atoms with Crippen molar-refractivity contribution < 1.29 is 0 Å². The molecule has 0 bridgehead atoms. The minimum Gasteiger partial charge on any atom is -0.336 e. The van der Waals surface area contributed by atoms with Crippen molar-refractivity contribution in [2.24, 2.45) is 22.7 Å². The number of hydrogen-bond donors (Lipinski definition) is 0.